The monoisotopic (exact) mass is 281 g/mol. The van der Waals surface area contributed by atoms with Gasteiger partial charge in [-0.2, -0.15) is 0 Å². The maximum atomic E-state index is 14.0. The summed E-state index contributed by atoms with van der Waals surface area (Å²) in [6.07, 6.45) is 4.83. The average molecular weight is 282 g/mol. The molecule has 104 valence electrons. The predicted molar refractivity (Wildman–Crippen MR) is 76.9 cm³/mol. The van der Waals surface area contributed by atoms with Crippen molar-refractivity contribution in [2.24, 2.45) is 17.8 Å². The molecule has 2 saturated carbocycles. The van der Waals surface area contributed by atoms with Crippen molar-refractivity contribution in [2.45, 2.75) is 38.6 Å². The number of rotatable bonds is 5. The number of likely N-dealkylation sites (N-methyl/N-ethyl adjacent to an activating group) is 1. The summed E-state index contributed by atoms with van der Waals surface area (Å²) in [6.45, 7) is 3.07. The van der Waals surface area contributed by atoms with Gasteiger partial charge in [0, 0.05) is 6.04 Å². The Hall–Kier alpha value is -0.600. The molecule has 0 radical (unpaired) electrons. The number of nitrogens with one attached hydrogen (secondary N) is 1. The normalized spacial score (nSPS) is 30.2. The first-order valence-electron chi connectivity index (χ1n) is 7.35. The van der Waals surface area contributed by atoms with E-state index in [0.29, 0.717) is 12.0 Å². The molecule has 2 aliphatic rings. The second-order valence-electron chi connectivity index (χ2n) is 6.07. The van der Waals surface area contributed by atoms with Crippen molar-refractivity contribution in [3.8, 4) is 0 Å². The third-order valence-corrected chi connectivity index (χ3v) is 5.08. The van der Waals surface area contributed by atoms with Crippen molar-refractivity contribution < 1.29 is 4.39 Å². The Balaban J connectivity index is 1.71. The second kappa shape index (κ2) is 5.41. The second-order valence-corrected chi connectivity index (χ2v) is 6.48. The summed E-state index contributed by atoms with van der Waals surface area (Å²) in [5.74, 6) is 2.41. The Kier molecular flexibility index (Phi) is 3.81. The zero-order valence-corrected chi connectivity index (χ0v) is 12.1. The van der Waals surface area contributed by atoms with E-state index in [4.69, 9.17) is 11.6 Å². The summed E-state index contributed by atoms with van der Waals surface area (Å²) in [5, 5.41) is 3.79. The fraction of sp³-hybridized carbons (Fsp3) is 0.625. The first-order valence-corrected chi connectivity index (χ1v) is 7.73. The van der Waals surface area contributed by atoms with Gasteiger partial charge in [0.2, 0.25) is 0 Å². The smallest absolute Gasteiger partial charge is 0.145 e. The lowest BCUT2D eigenvalue weighted by atomic mass is 9.89. The van der Waals surface area contributed by atoms with Crippen LogP contribution in [0.15, 0.2) is 18.2 Å². The van der Waals surface area contributed by atoms with Crippen LogP contribution in [0, 0.1) is 23.6 Å². The van der Waals surface area contributed by atoms with Gasteiger partial charge < -0.3 is 5.32 Å². The maximum Gasteiger partial charge on any atom is 0.145 e. The number of halogens is 2. The summed E-state index contributed by atoms with van der Waals surface area (Å²) in [7, 11) is 0. The Morgan fingerprint density at radius 2 is 2.05 bits per heavy atom. The molecule has 1 nitrogen and oxygen atoms in total. The molecule has 2 aliphatic carbocycles. The fourth-order valence-corrected chi connectivity index (χ4v) is 3.89. The number of fused-ring (bicyclic) bond motifs is 1. The molecule has 2 fully saturated rings. The molecule has 0 spiro atoms. The Morgan fingerprint density at radius 1 is 1.32 bits per heavy atom. The summed E-state index contributed by atoms with van der Waals surface area (Å²) < 4.78 is 14.0. The minimum absolute atomic E-state index is 0.238. The van der Waals surface area contributed by atoms with E-state index in [1.165, 1.54) is 19.3 Å². The van der Waals surface area contributed by atoms with Crippen LogP contribution in [0.25, 0.3) is 0 Å². The van der Waals surface area contributed by atoms with E-state index in [1.807, 2.05) is 12.1 Å². The standard InChI is InChI=1S/C16H21ClFN/c1-2-19-15(13-7-11-6-12(11)8-13)9-10-4-3-5-14(17)16(10)18/h3-5,11-13,15,19H,2,6-9H2,1H3. The summed E-state index contributed by atoms with van der Waals surface area (Å²) >= 11 is 5.87. The number of benzene rings is 1. The quantitative estimate of drug-likeness (QED) is 0.859. The van der Waals surface area contributed by atoms with Crippen molar-refractivity contribution in [1.82, 2.24) is 5.32 Å². The highest BCUT2D eigenvalue weighted by molar-refractivity contribution is 6.30. The van der Waals surface area contributed by atoms with E-state index < -0.39 is 0 Å². The van der Waals surface area contributed by atoms with E-state index in [1.54, 1.807) is 6.07 Å². The van der Waals surface area contributed by atoms with E-state index in [9.17, 15) is 4.39 Å². The lowest BCUT2D eigenvalue weighted by molar-refractivity contribution is 0.334. The molecule has 0 aromatic heterocycles. The van der Waals surface area contributed by atoms with Crippen LogP contribution in [0.5, 0.6) is 0 Å². The molecule has 0 saturated heterocycles. The van der Waals surface area contributed by atoms with Gasteiger partial charge in [-0.15, -0.1) is 0 Å². The summed E-state index contributed by atoms with van der Waals surface area (Å²) in [6, 6.07) is 5.72. The zero-order chi connectivity index (χ0) is 13.4. The minimum atomic E-state index is -0.241. The van der Waals surface area contributed by atoms with Crippen molar-refractivity contribution in [1.29, 1.82) is 0 Å². The first kappa shape index (κ1) is 13.4. The lowest BCUT2D eigenvalue weighted by Gasteiger charge is -2.26. The SMILES string of the molecule is CCNC(Cc1cccc(Cl)c1F)C1CC2CC2C1. The van der Waals surface area contributed by atoms with Crippen LogP contribution in [0.4, 0.5) is 4.39 Å². The largest absolute Gasteiger partial charge is 0.314 e. The maximum absolute atomic E-state index is 14.0. The molecule has 3 unspecified atom stereocenters. The highest BCUT2D eigenvalue weighted by atomic mass is 35.5. The molecule has 3 rings (SSSR count). The Morgan fingerprint density at radius 3 is 2.74 bits per heavy atom. The lowest BCUT2D eigenvalue weighted by Crippen LogP contribution is -2.37. The van der Waals surface area contributed by atoms with Gasteiger partial charge in [0.05, 0.1) is 5.02 Å². The van der Waals surface area contributed by atoms with Crippen LogP contribution >= 0.6 is 11.6 Å². The number of hydrogen-bond acceptors (Lipinski definition) is 1. The molecule has 3 heteroatoms. The molecule has 19 heavy (non-hydrogen) atoms. The van der Waals surface area contributed by atoms with Gasteiger partial charge in [-0.05, 0) is 61.6 Å². The first-order chi connectivity index (χ1) is 9.19. The molecule has 0 bridgehead atoms. The fourth-order valence-electron chi connectivity index (χ4n) is 3.70. The highest BCUT2D eigenvalue weighted by Crippen LogP contribution is 2.55. The summed E-state index contributed by atoms with van der Waals surface area (Å²) in [5.41, 5.74) is 0.749. The van der Waals surface area contributed by atoms with Crippen molar-refractivity contribution in [3.63, 3.8) is 0 Å². The van der Waals surface area contributed by atoms with Gasteiger partial charge in [0.15, 0.2) is 0 Å². The molecular weight excluding hydrogens is 261 g/mol. The van der Waals surface area contributed by atoms with Crippen LogP contribution in [-0.2, 0) is 6.42 Å². The molecule has 1 aromatic rings. The van der Waals surface area contributed by atoms with E-state index in [0.717, 1.165) is 30.4 Å². The Bertz CT molecular complexity index is 452. The van der Waals surface area contributed by atoms with Gasteiger partial charge >= 0.3 is 0 Å². The van der Waals surface area contributed by atoms with E-state index in [2.05, 4.69) is 12.2 Å². The molecule has 0 heterocycles. The molecule has 1 N–H and O–H groups in total. The number of hydrogen-bond donors (Lipinski definition) is 1. The average Bonchev–Trinajstić information content (AvgIpc) is 3.01. The van der Waals surface area contributed by atoms with Gasteiger partial charge in [0.1, 0.15) is 5.82 Å². The zero-order valence-electron chi connectivity index (χ0n) is 11.3. The highest BCUT2D eigenvalue weighted by Gasteiger charge is 2.47. The van der Waals surface area contributed by atoms with Crippen LogP contribution < -0.4 is 5.32 Å². The van der Waals surface area contributed by atoms with Crippen LogP contribution in [0.1, 0.15) is 31.7 Å². The molecule has 1 aromatic carbocycles. The van der Waals surface area contributed by atoms with Crippen LogP contribution in [0.3, 0.4) is 0 Å². The molecular formula is C16H21ClFN. The van der Waals surface area contributed by atoms with Crippen molar-refractivity contribution >= 4 is 11.6 Å². The van der Waals surface area contributed by atoms with Gasteiger partial charge in [0.25, 0.3) is 0 Å². The van der Waals surface area contributed by atoms with Crippen LogP contribution in [-0.4, -0.2) is 12.6 Å². The summed E-state index contributed by atoms with van der Waals surface area (Å²) in [4.78, 5) is 0. The molecule has 0 amide bonds. The predicted octanol–water partition coefficient (Wildman–Crippen LogP) is 4.05. The third-order valence-electron chi connectivity index (χ3n) is 4.79. The van der Waals surface area contributed by atoms with Crippen molar-refractivity contribution in [2.75, 3.05) is 6.54 Å². The van der Waals surface area contributed by atoms with Gasteiger partial charge in [-0.25, -0.2) is 4.39 Å². The topological polar surface area (TPSA) is 12.0 Å². The minimum Gasteiger partial charge on any atom is -0.314 e. The Labute approximate surface area is 119 Å². The van der Waals surface area contributed by atoms with E-state index >= 15 is 0 Å². The molecule has 0 aliphatic heterocycles. The molecule has 3 atom stereocenters. The van der Waals surface area contributed by atoms with E-state index in [-0.39, 0.29) is 10.8 Å². The van der Waals surface area contributed by atoms with Crippen LogP contribution in [0.2, 0.25) is 5.02 Å². The van der Waals surface area contributed by atoms with Gasteiger partial charge in [-0.1, -0.05) is 30.7 Å². The third kappa shape index (κ3) is 2.80. The van der Waals surface area contributed by atoms with Crippen molar-refractivity contribution in [3.05, 3.63) is 34.6 Å². The van der Waals surface area contributed by atoms with Gasteiger partial charge in [-0.3, -0.25) is 0 Å².